The van der Waals surface area contributed by atoms with E-state index in [1.807, 2.05) is 0 Å². The van der Waals surface area contributed by atoms with Gasteiger partial charge in [0.05, 0.1) is 6.04 Å². The second-order valence-electron chi connectivity index (χ2n) is 5.26. The van der Waals surface area contributed by atoms with E-state index in [-0.39, 0.29) is 24.4 Å². The Kier molecular flexibility index (Phi) is 6.32. The molecule has 0 saturated carbocycles. The Hall–Kier alpha value is -1.06. The van der Waals surface area contributed by atoms with E-state index in [0.717, 1.165) is 24.9 Å². The number of halogens is 1. The summed E-state index contributed by atoms with van der Waals surface area (Å²) in [6.45, 7) is 5.95. The summed E-state index contributed by atoms with van der Waals surface area (Å²) >= 11 is 0. The Labute approximate surface area is 121 Å². The Morgan fingerprint density at radius 3 is 2.58 bits per heavy atom. The van der Waals surface area contributed by atoms with Gasteiger partial charge in [0.1, 0.15) is 0 Å². The van der Waals surface area contributed by atoms with Crippen molar-refractivity contribution in [2.45, 2.75) is 45.2 Å². The molecule has 106 valence electrons. The Morgan fingerprint density at radius 1 is 1.37 bits per heavy atom. The highest BCUT2D eigenvalue weighted by atomic mass is 35.5. The van der Waals surface area contributed by atoms with Crippen LogP contribution in [0.25, 0.3) is 0 Å². The zero-order valence-electron chi connectivity index (χ0n) is 11.6. The standard InChI is InChI=1S/C15H22N2O.ClH/c1-11(2)13-7-5-12(6-8-13)10-17-15(18)14-4-3-9-16-14;/h5-8,11,14,16H,3-4,9-10H2,1-2H3,(H,17,18);1H. The Bertz CT molecular complexity index is 397. The van der Waals surface area contributed by atoms with Gasteiger partial charge in [0, 0.05) is 6.54 Å². The highest BCUT2D eigenvalue weighted by Gasteiger charge is 2.21. The molecule has 0 bridgehead atoms. The van der Waals surface area contributed by atoms with Crippen LogP contribution < -0.4 is 10.6 Å². The molecular weight excluding hydrogens is 260 g/mol. The zero-order chi connectivity index (χ0) is 13.0. The minimum atomic E-state index is 0. The van der Waals surface area contributed by atoms with Crippen LogP contribution in [0.1, 0.15) is 43.7 Å². The number of amides is 1. The summed E-state index contributed by atoms with van der Waals surface area (Å²) in [6.07, 6.45) is 2.05. The maximum absolute atomic E-state index is 11.8. The van der Waals surface area contributed by atoms with Crippen LogP contribution in [0.4, 0.5) is 0 Å². The van der Waals surface area contributed by atoms with Crippen LogP contribution in [-0.2, 0) is 11.3 Å². The molecule has 0 radical (unpaired) electrons. The second-order valence-corrected chi connectivity index (χ2v) is 5.26. The average Bonchev–Trinajstić information content (AvgIpc) is 2.90. The van der Waals surface area contributed by atoms with E-state index < -0.39 is 0 Å². The molecule has 0 aromatic heterocycles. The van der Waals surface area contributed by atoms with Crippen molar-refractivity contribution >= 4 is 18.3 Å². The van der Waals surface area contributed by atoms with Crippen LogP contribution in [0, 0.1) is 0 Å². The van der Waals surface area contributed by atoms with Gasteiger partial charge in [-0.05, 0) is 36.4 Å². The topological polar surface area (TPSA) is 41.1 Å². The number of rotatable bonds is 4. The van der Waals surface area contributed by atoms with E-state index in [2.05, 4.69) is 48.7 Å². The molecule has 1 unspecified atom stereocenters. The summed E-state index contributed by atoms with van der Waals surface area (Å²) in [4.78, 5) is 11.8. The van der Waals surface area contributed by atoms with Gasteiger partial charge in [0.15, 0.2) is 0 Å². The highest BCUT2D eigenvalue weighted by Crippen LogP contribution is 2.14. The van der Waals surface area contributed by atoms with Crippen LogP contribution in [0.5, 0.6) is 0 Å². The lowest BCUT2D eigenvalue weighted by atomic mass is 10.0. The lowest BCUT2D eigenvalue weighted by molar-refractivity contribution is -0.122. The third kappa shape index (κ3) is 4.51. The first kappa shape index (κ1) is 16.0. The van der Waals surface area contributed by atoms with Crippen molar-refractivity contribution in [3.63, 3.8) is 0 Å². The first-order chi connectivity index (χ1) is 8.66. The minimum Gasteiger partial charge on any atom is -0.351 e. The molecule has 1 aliphatic heterocycles. The number of hydrogen-bond acceptors (Lipinski definition) is 2. The van der Waals surface area contributed by atoms with Crippen LogP contribution in [0.15, 0.2) is 24.3 Å². The fourth-order valence-corrected chi connectivity index (χ4v) is 2.24. The third-order valence-electron chi connectivity index (χ3n) is 3.49. The predicted molar refractivity (Wildman–Crippen MR) is 80.7 cm³/mol. The number of benzene rings is 1. The lowest BCUT2D eigenvalue weighted by Crippen LogP contribution is -2.39. The van der Waals surface area contributed by atoms with E-state index in [9.17, 15) is 4.79 Å². The maximum atomic E-state index is 11.8. The summed E-state index contributed by atoms with van der Waals surface area (Å²) in [7, 11) is 0. The van der Waals surface area contributed by atoms with Gasteiger partial charge in [-0.25, -0.2) is 0 Å². The fourth-order valence-electron chi connectivity index (χ4n) is 2.24. The highest BCUT2D eigenvalue weighted by molar-refractivity contribution is 5.85. The number of carbonyl (C=O) groups excluding carboxylic acids is 1. The number of hydrogen-bond donors (Lipinski definition) is 2. The molecule has 4 heteroatoms. The average molecular weight is 283 g/mol. The maximum Gasteiger partial charge on any atom is 0.237 e. The third-order valence-corrected chi connectivity index (χ3v) is 3.49. The van der Waals surface area contributed by atoms with E-state index >= 15 is 0 Å². The summed E-state index contributed by atoms with van der Waals surface area (Å²) in [6, 6.07) is 8.48. The number of nitrogens with one attached hydrogen (secondary N) is 2. The van der Waals surface area contributed by atoms with Crippen LogP contribution in [0.3, 0.4) is 0 Å². The molecule has 1 atom stereocenters. The fraction of sp³-hybridized carbons (Fsp3) is 0.533. The van der Waals surface area contributed by atoms with E-state index in [1.165, 1.54) is 5.56 Å². The molecule has 0 aliphatic carbocycles. The van der Waals surface area contributed by atoms with Gasteiger partial charge in [-0.3, -0.25) is 4.79 Å². The van der Waals surface area contributed by atoms with Gasteiger partial charge in [0.2, 0.25) is 5.91 Å². The van der Waals surface area contributed by atoms with Crippen LogP contribution in [0.2, 0.25) is 0 Å². The molecule has 1 amide bonds. The summed E-state index contributed by atoms with van der Waals surface area (Å²) in [5, 5.41) is 6.19. The van der Waals surface area contributed by atoms with Gasteiger partial charge in [-0.2, -0.15) is 0 Å². The molecule has 1 aliphatic rings. The first-order valence-corrected chi connectivity index (χ1v) is 6.77. The van der Waals surface area contributed by atoms with Gasteiger partial charge < -0.3 is 10.6 Å². The molecule has 1 heterocycles. The van der Waals surface area contributed by atoms with Gasteiger partial charge in [0.25, 0.3) is 0 Å². The SMILES string of the molecule is CC(C)c1ccc(CNC(=O)C2CCCN2)cc1.Cl. The molecule has 19 heavy (non-hydrogen) atoms. The normalized spacial score (nSPS) is 18.2. The molecule has 2 N–H and O–H groups in total. The predicted octanol–water partition coefficient (Wildman–Crippen LogP) is 2.60. The van der Waals surface area contributed by atoms with Crippen molar-refractivity contribution in [1.82, 2.24) is 10.6 Å². The van der Waals surface area contributed by atoms with E-state index in [1.54, 1.807) is 0 Å². The van der Waals surface area contributed by atoms with E-state index in [4.69, 9.17) is 0 Å². The molecule has 1 aromatic carbocycles. The molecule has 0 spiro atoms. The molecule has 3 nitrogen and oxygen atoms in total. The smallest absolute Gasteiger partial charge is 0.237 e. The van der Waals surface area contributed by atoms with Gasteiger partial charge in [-0.15, -0.1) is 12.4 Å². The summed E-state index contributed by atoms with van der Waals surface area (Å²) in [5.41, 5.74) is 2.49. The van der Waals surface area contributed by atoms with Gasteiger partial charge >= 0.3 is 0 Å². The monoisotopic (exact) mass is 282 g/mol. The van der Waals surface area contributed by atoms with Crippen molar-refractivity contribution in [2.75, 3.05) is 6.54 Å². The molecular formula is C15H23ClN2O. The lowest BCUT2D eigenvalue weighted by Gasteiger charge is -2.12. The molecule has 1 fully saturated rings. The van der Waals surface area contributed by atoms with Crippen LogP contribution >= 0.6 is 12.4 Å². The minimum absolute atomic E-state index is 0. The Morgan fingerprint density at radius 2 is 2.05 bits per heavy atom. The quantitative estimate of drug-likeness (QED) is 0.891. The zero-order valence-corrected chi connectivity index (χ0v) is 12.4. The first-order valence-electron chi connectivity index (χ1n) is 6.77. The molecule has 1 aromatic rings. The molecule has 2 rings (SSSR count). The summed E-state index contributed by atoms with van der Waals surface area (Å²) in [5.74, 6) is 0.678. The van der Waals surface area contributed by atoms with Crippen molar-refractivity contribution in [3.8, 4) is 0 Å². The molecule has 1 saturated heterocycles. The second kappa shape index (κ2) is 7.51. The summed E-state index contributed by atoms with van der Waals surface area (Å²) < 4.78 is 0. The number of carbonyl (C=O) groups is 1. The van der Waals surface area contributed by atoms with Crippen molar-refractivity contribution in [1.29, 1.82) is 0 Å². The van der Waals surface area contributed by atoms with Gasteiger partial charge in [-0.1, -0.05) is 38.1 Å². The van der Waals surface area contributed by atoms with Crippen molar-refractivity contribution in [2.24, 2.45) is 0 Å². The largest absolute Gasteiger partial charge is 0.351 e. The van der Waals surface area contributed by atoms with Crippen molar-refractivity contribution < 1.29 is 4.79 Å². The van der Waals surface area contributed by atoms with Crippen molar-refractivity contribution in [3.05, 3.63) is 35.4 Å². The van der Waals surface area contributed by atoms with Crippen LogP contribution in [-0.4, -0.2) is 18.5 Å². The Balaban J connectivity index is 0.00000180. The van der Waals surface area contributed by atoms with E-state index in [0.29, 0.717) is 12.5 Å².